The summed E-state index contributed by atoms with van der Waals surface area (Å²) in [4.78, 5) is 25.9. The molecule has 0 atom stereocenters. The van der Waals surface area contributed by atoms with Crippen LogP contribution in [0.5, 0.6) is 5.75 Å². The lowest BCUT2D eigenvalue weighted by atomic mass is 10.2. The van der Waals surface area contributed by atoms with E-state index < -0.39 is 16.4 Å². The van der Waals surface area contributed by atoms with Gasteiger partial charge in [0.25, 0.3) is 10.0 Å². The summed E-state index contributed by atoms with van der Waals surface area (Å²) in [5.74, 6) is -0.271. The molecule has 1 fully saturated rings. The molecular weight excluding hydrogens is 525 g/mol. The van der Waals surface area contributed by atoms with Crippen molar-refractivity contribution < 1.29 is 31.1 Å². The number of anilines is 3. The molecule has 202 valence electrons. The van der Waals surface area contributed by atoms with E-state index in [0.29, 0.717) is 31.9 Å². The van der Waals surface area contributed by atoms with Gasteiger partial charge in [-0.1, -0.05) is 0 Å². The van der Waals surface area contributed by atoms with Crippen molar-refractivity contribution in [1.82, 2.24) is 14.9 Å². The zero-order chi connectivity index (χ0) is 27.3. The highest BCUT2D eigenvalue weighted by Crippen LogP contribution is 2.25. The number of nitrogens with zero attached hydrogens (tertiary/aromatic N) is 5. The Balaban J connectivity index is 1.28. The molecule has 38 heavy (non-hydrogen) atoms. The van der Waals surface area contributed by atoms with Crippen molar-refractivity contribution in [2.75, 3.05) is 54.3 Å². The van der Waals surface area contributed by atoms with Gasteiger partial charge in [0.15, 0.2) is 0 Å². The van der Waals surface area contributed by atoms with Gasteiger partial charge in [0.1, 0.15) is 17.9 Å². The Labute approximate surface area is 217 Å². The van der Waals surface area contributed by atoms with Crippen molar-refractivity contribution in [2.24, 2.45) is 0 Å². The molecule has 3 aromatic rings. The number of benzene rings is 2. The molecule has 14 heteroatoms. The van der Waals surface area contributed by atoms with Gasteiger partial charge in [0, 0.05) is 50.8 Å². The third-order valence-electron chi connectivity index (χ3n) is 5.85. The van der Waals surface area contributed by atoms with Crippen LogP contribution in [0.25, 0.3) is 0 Å². The summed E-state index contributed by atoms with van der Waals surface area (Å²) in [6.07, 6.45) is -2.08. The average Bonchev–Trinajstić information content (AvgIpc) is 2.88. The van der Waals surface area contributed by atoms with Crippen LogP contribution < -0.4 is 19.3 Å². The van der Waals surface area contributed by atoms with Crippen molar-refractivity contribution in [3.8, 4) is 5.75 Å². The number of nitrogens with one attached hydrogen (secondary N) is 1. The molecule has 10 nitrogen and oxygen atoms in total. The molecule has 0 unspecified atom stereocenters. The molecule has 2 heterocycles. The monoisotopic (exact) mass is 550 g/mol. The van der Waals surface area contributed by atoms with Gasteiger partial charge in [-0.15, -0.1) is 13.2 Å². The lowest BCUT2D eigenvalue weighted by molar-refractivity contribution is -0.274. The Morgan fingerprint density at radius 3 is 2.26 bits per heavy atom. The molecule has 1 amide bonds. The number of likely N-dealkylation sites (N-methyl/N-ethyl adjacent to an activating group) is 1. The largest absolute Gasteiger partial charge is 0.573 e. The number of ether oxygens (including phenoxy) is 1. The molecule has 0 bridgehead atoms. The average molecular weight is 551 g/mol. The maximum Gasteiger partial charge on any atom is 0.573 e. The topological polar surface area (TPSA) is 108 Å². The lowest BCUT2D eigenvalue weighted by Crippen LogP contribution is -2.51. The normalized spacial score (nSPS) is 14.2. The van der Waals surface area contributed by atoms with Crippen LogP contribution in [0.2, 0.25) is 0 Å². The van der Waals surface area contributed by atoms with Crippen LogP contribution in [0.1, 0.15) is 0 Å². The molecular formula is C24H25F3N6O4S. The highest BCUT2D eigenvalue weighted by atomic mass is 32.2. The van der Waals surface area contributed by atoms with Crippen LogP contribution in [0, 0.1) is 0 Å². The number of hydrogen-bond acceptors (Lipinski definition) is 8. The van der Waals surface area contributed by atoms with E-state index in [1.807, 2.05) is 0 Å². The SMILES string of the molecule is CN(CC(=O)N1CCN(c2ccc(S(=O)(=O)Nc3ccncn3)cc2)CC1)c1ccc(OC(F)(F)F)cc1. The second-order valence-electron chi connectivity index (χ2n) is 8.46. The zero-order valence-electron chi connectivity index (χ0n) is 20.3. The van der Waals surface area contributed by atoms with E-state index >= 15 is 0 Å². The minimum Gasteiger partial charge on any atom is -0.406 e. The van der Waals surface area contributed by atoms with E-state index in [2.05, 4.69) is 24.3 Å². The van der Waals surface area contributed by atoms with Gasteiger partial charge < -0.3 is 19.4 Å². The van der Waals surface area contributed by atoms with Crippen molar-refractivity contribution in [3.05, 3.63) is 67.1 Å². The van der Waals surface area contributed by atoms with E-state index in [-0.39, 0.29) is 28.9 Å². The Morgan fingerprint density at radius 2 is 1.68 bits per heavy atom. The molecule has 1 N–H and O–H groups in total. The first-order valence-corrected chi connectivity index (χ1v) is 13.0. The Morgan fingerprint density at radius 1 is 1.03 bits per heavy atom. The maximum absolute atomic E-state index is 12.8. The van der Waals surface area contributed by atoms with Crippen LogP contribution in [0.4, 0.5) is 30.4 Å². The first-order valence-electron chi connectivity index (χ1n) is 11.5. The van der Waals surface area contributed by atoms with E-state index in [0.717, 1.165) is 5.69 Å². The van der Waals surface area contributed by atoms with Gasteiger partial charge in [0.2, 0.25) is 5.91 Å². The first kappa shape index (κ1) is 27.0. The fraction of sp³-hybridized carbons (Fsp3) is 0.292. The molecule has 1 saturated heterocycles. The summed E-state index contributed by atoms with van der Waals surface area (Å²) >= 11 is 0. The van der Waals surface area contributed by atoms with Crippen LogP contribution in [0.3, 0.4) is 0 Å². The van der Waals surface area contributed by atoms with E-state index in [1.54, 1.807) is 29.0 Å². The number of aromatic nitrogens is 2. The first-order chi connectivity index (χ1) is 18.0. The second-order valence-corrected chi connectivity index (χ2v) is 10.1. The third-order valence-corrected chi connectivity index (χ3v) is 7.22. The number of carbonyl (C=O) groups excluding carboxylic acids is 1. The number of rotatable bonds is 8. The quantitative estimate of drug-likeness (QED) is 0.456. The van der Waals surface area contributed by atoms with Crippen LogP contribution in [-0.2, 0) is 14.8 Å². The lowest BCUT2D eigenvalue weighted by Gasteiger charge is -2.37. The number of amides is 1. The summed E-state index contributed by atoms with van der Waals surface area (Å²) in [6.45, 7) is 2.13. The minimum absolute atomic E-state index is 0.0609. The van der Waals surface area contributed by atoms with Gasteiger partial charge in [-0.2, -0.15) is 0 Å². The second kappa shape index (κ2) is 11.1. The summed E-state index contributed by atoms with van der Waals surface area (Å²) < 4.78 is 68.4. The van der Waals surface area contributed by atoms with Crippen molar-refractivity contribution in [1.29, 1.82) is 0 Å². The highest BCUT2D eigenvalue weighted by molar-refractivity contribution is 7.92. The fourth-order valence-electron chi connectivity index (χ4n) is 3.89. The Kier molecular flexibility index (Phi) is 7.90. The van der Waals surface area contributed by atoms with E-state index in [9.17, 15) is 26.4 Å². The minimum atomic E-state index is -4.76. The van der Waals surface area contributed by atoms with Gasteiger partial charge in [-0.25, -0.2) is 18.4 Å². The maximum atomic E-state index is 12.8. The summed E-state index contributed by atoms with van der Waals surface area (Å²) in [7, 11) is -2.12. The molecule has 1 aromatic heterocycles. The van der Waals surface area contributed by atoms with E-state index in [4.69, 9.17) is 0 Å². The van der Waals surface area contributed by atoms with Crippen LogP contribution in [-0.4, -0.2) is 75.3 Å². The van der Waals surface area contributed by atoms with E-state index in [1.165, 1.54) is 55.0 Å². The molecule has 2 aromatic carbocycles. The third kappa shape index (κ3) is 7.03. The molecule has 0 saturated carbocycles. The van der Waals surface area contributed by atoms with Crippen LogP contribution >= 0.6 is 0 Å². The summed E-state index contributed by atoms with van der Waals surface area (Å²) in [5, 5.41) is 0. The molecule has 0 spiro atoms. The molecule has 4 rings (SSSR count). The number of piperazine rings is 1. The Hall–Kier alpha value is -4.07. The number of carbonyl (C=O) groups is 1. The molecule has 0 aliphatic carbocycles. The van der Waals surface area contributed by atoms with Gasteiger partial charge in [-0.3, -0.25) is 9.52 Å². The predicted molar refractivity (Wildman–Crippen MR) is 134 cm³/mol. The number of alkyl halides is 3. The molecule has 1 aliphatic heterocycles. The van der Waals surface area contributed by atoms with Gasteiger partial charge >= 0.3 is 6.36 Å². The van der Waals surface area contributed by atoms with Crippen LogP contribution in [0.15, 0.2) is 72.0 Å². The zero-order valence-corrected chi connectivity index (χ0v) is 21.1. The van der Waals surface area contributed by atoms with Crippen molar-refractivity contribution in [3.63, 3.8) is 0 Å². The smallest absolute Gasteiger partial charge is 0.406 e. The fourth-order valence-corrected chi connectivity index (χ4v) is 4.90. The summed E-state index contributed by atoms with van der Waals surface area (Å²) in [5.41, 5.74) is 1.41. The molecule has 1 aliphatic rings. The highest BCUT2D eigenvalue weighted by Gasteiger charge is 2.31. The van der Waals surface area contributed by atoms with Crippen molar-refractivity contribution in [2.45, 2.75) is 11.3 Å². The predicted octanol–water partition coefficient (Wildman–Crippen LogP) is 2.96. The summed E-state index contributed by atoms with van der Waals surface area (Å²) in [6, 6.07) is 13.2. The van der Waals surface area contributed by atoms with Crippen molar-refractivity contribution >= 4 is 33.1 Å². The number of halogens is 3. The Bertz CT molecular complexity index is 1330. The number of hydrogen-bond donors (Lipinski definition) is 1. The van der Waals surface area contributed by atoms with Gasteiger partial charge in [-0.05, 0) is 54.6 Å². The standard InChI is InChI=1S/C24H25F3N6O4S/c1-31(18-2-6-20(7-3-18)37-24(25,26)27)16-23(34)33-14-12-32(13-15-33)19-4-8-21(9-5-19)38(35,36)30-22-10-11-28-17-29-22/h2-11,17H,12-16H2,1H3,(H,28,29,30). The number of sulfonamides is 1. The molecule has 0 radical (unpaired) electrons. The van der Waals surface area contributed by atoms with Gasteiger partial charge in [0.05, 0.1) is 11.4 Å².